The number of carbonyl (C=O) groups excluding carboxylic acids is 2. The van der Waals surface area contributed by atoms with E-state index in [1.54, 1.807) is 12.1 Å². The van der Waals surface area contributed by atoms with Gasteiger partial charge in [0.2, 0.25) is 5.91 Å². The van der Waals surface area contributed by atoms with Crippen LogP contribution in [0.25, 0.3) is 0 Å². The number of aliphatic hydroxyl groups excluding tert-OH is 1. The van der Waals surface area contributed by atoms with Gasteiger partial charge in [-0.2, -0.15) is 0 Å². The molecule has 5 nitrogen and oxygen atoms in total. The first-order valence-electron chi connectivity index (χ1n) is 5.34. The summed E-state index contributed by atoms with van der Waals surface area (Å²) >= 11 is 1.23. The van der Waals surface area contributed by atoms with Crippen molar-refractivity contribution in [3.8, 4) is 11.8 Å². The molecular weight excluding hydrogens is 252 g/mol. The van der Waals surface area contributed by atoms with E-state index in [-0.39, 0.29) is 12.5 Å². The van der Waals surface area contributed by atoms with Crippen molar-refractivity contribution in [2.45, 2.75) is 19.4 Å². The topological polar surface area (TPSA) is 92.4 Å². The van der Waals surface area contributed by atoms with Crippen LogP contribution >= 0.6 is 11.3 Å². The zero-order valence-corrected chi connectivity index (χ0v) is 10.7. The second-order valence-electron chi connectivity index (χ2n) is 3.54. The Bertz CT molecular complexity index is 499. The number of thiophene rings is 1. The normalized spacial score (nSPS) is 11.2. The van der Waals surface area contributed by atoms with Crippen LogP contribution in [-0.2, 0) is 4.79 Å². The van der Waals surface area contributed by atoms with Gasteiger partial charge in [0.1, 0.15) is 6.04 Å². The van der Waals surface area contributed by atoms with Crippen LogP contribution in [0.4, 0.5) is 0 Å². The first-order chi connectivity index (χ1) is 8.54. The molecule has 0 aromatic carbocycles. The van der Waals surface area contributed by atoms with Crippen LogP contribution in [0.2, 0.25) is 0 Å². The molecule has 1 aromatic rings. The highest BCUT2D eigenvalue weighted by atomic mass is 32.1. The predicted octanol–water partition coefficient (Wildman–Crippen LogP) is 0.0856. The summed E-state index contributed by atoms with van der Waals surface area (Å²) < 4.78 is 0. The molecule has 0 aliphatic carbocycles. The van der Waals surface area contributed by atoms with Gasteiger partial charge in [-0.25, -0.2) is 0 Å². The highest BCUT2D eigenvalue weighted by Crippen LogP contribution is 2.15. The van der Waals surface area contributed by atoms with E-state index < -0.39 is 11.9 Å². The average molecular weight is 266 g/mol. The molecule has 0 spiro atoms. The van der Waals surface area contributed by atoms with E-state index in [0.29, 0.717) is 11.3 Å². The van der Waals surface area contributed by atoms with Crippen molar-refractivity contribution in [3.05, 3.63) is 21.9 Å². The van der Waals surface area contributed by atoms with Gasteiger partial charge in [0.15, 0.2) is 0 Å². The summed E-state index contributed by atoms with van der Waals surface area (Å²) in [5, 5.41) is 11.1. The average Bonchev–Trinajstić information content (AvgIpc) is 2.78. The first-order valence-corrected chi connectivity index (χ1v) is 6.16. The van der Waals surface area contributed by atoms with E-state index in [0.717, 1.165) is 4.88 Å². The number of amides is 2. The molecule has 6 heteroatoms. The largest absolute Gasteiger partial charge is 0.395 e. The van der Waals surface area contributed by atoms with Gasteiger partial charge in [-0.1, -0.05) is 11.8 Å². The van der Waals surface area contributed by atoms with Gasteiger partial charge in [-0.15, -0.1) is 11.3 Å². The van der Waals surface area contributed by atoms with Crippen LogP contribution in [-0.4, -0.2) is 29.6 Å². The minimum Gasteiger partial charge on any atom is -0.395 e. The molecule has 2 amide bonds. The molecular formula is C12H14N2O3S. The van der Waals surface area contributed by atoms with E-state index in [9.17, 15) is 9.59 Å². The molecule has 0 aliphatic heterocycles. The lowest BCUT2D eigenvalue weighted by atomic mass is 10.3. The summed E-state index contributed by atoms with van der Waals surface area (Å²) in [7, 11) is 0. The van der Waals surface area contributed by atoms with Crippen LogP contribution in [0.5, 0.6) is 0 Å². The Kier molecular flexibility index (Phi) is 5.36. The fourth-order valence-electron chi connectivity index (χ4n) is 1.07. The Labute approximate surface area is 109 Å². The van der Waals surface area contributed by atoms with Gasteiger partial charge in [0, 0.05) is 6.42 Å². The number of hydrogen-bond acceptors (Lipinski definition) is 4. The number of primary amides is 1. The van der Waals surface area contributed by atoms with Crippen LogP contribution in [0, 0.1) is 11.8 Å². The van der Waals surface area contributed by atoms with Gasteiger partial charge >= 0.3 is 0 Å². The number of nitrogens with one attached hydrogen (secondary N) is 1. The molecule has 1 atom stereocenters. The number of rotatable bonds is 4. The van der Waals surface area contributed by atoms with Gasteiger partial charge in [-0.3, -0.25) is 9.59 Å². The predicted molar refractivity (Wildman–Crippen MR) is 69.0 cm³/mol. The molecule has 0 saturated carbocycles. The molecule has 1 heterocycles. The quantitative estimate of drug-likeness (QED) is 0.674. The van der Waals surface area contributed by atoms with Gasteiger partial charge in [0.25, 0.3) is 5.91 Å². The molecule has 0 saturated heterocycles. The molecule has 0 aliphatic rings. The highest BCUT2D eigenvalue weighted by Gasteiger charge is 2.14. The smallest absolute Gasteiger partial charge is 0.262 e. The molecule has 0 fully saturated rings. The molecule has 18 heavy (non-hydrogen) atoms. The van der Waals surface area contributed by atoms with E-state index in [1.165, 1.54) is 18.3 Å². The van der Waals surface area contributed by atoms with Crippen LogP contribution < -0.4 is 11.1 Å². The monoisotopic (exact) mass is 266 g/mol. The van der Waals surface area contributed by atoms with Crippen molar-refractivity contribution in [3.63, 3.8) is 0 Å². The molecule has 1 unspecified atom stereocenters. The van der Waals surface area contributed by atoms with Crippen molar-refractivity contribution in [1.29, 1.82) is 0 Å². The maximum atomic E-state index is 11.7. The summed E-state index contributed by atoms with van der Waals surface area (Å²) in [6.07, 6.45) is 0.401. The third-order valence-corrected chi connectivity index (χ3v) is 3.05. The summed E-state index contributed by atoms with van der Waals surface area (Å²) in [5.74, 6) is 4.67. The van der Waals surface area contributed by atoms with E-state index >= 15 is 0 Å². The van der Waals surface area contributed by atoms with Crippen molar-refractivity contribution in [2.75, 3.05) is 6.61 Å². The third kappa shape index (κ3) is 4.20. The molecule has 1 aromatic heterocycles. The molecule has 96 valence electrons. The summed E-state index contributed by atoms with van der Waals surface area (Å²) in [6, 6.07) is 2.65. The SMILES string of the molecule is CC(NC(=O)c1ccc(C#CCCO)s1)C(N)=O. The van der Waals surface area contributed by atoms with Crippen molar-refractivity contribution >= 4 is 23.2 Å². The summed E-state index contributed by atoms with van der Waals surface area (Å²) in [4.78, 5) is 23.7. The maximum absolute atomic E-state index is 11.7. The lowest BCUT2D eigenvalue weighted by Crippen LogP contribution is -2.41. The zero-order valence-electron chi connectivity index (χ0n) is 9.90. The van der Waals surface area contributed by atoms with Crippen molar-refractivity contribution < 1.29 is 14.7 Å². The maximum Gasteiger partial charge on any atom is 0.262 e. The number of aliphatic hydroxyl groups is 1. The number of nitrogens with two attached hydrogens (primary N) is 1. The summed E-state index contributed by atoms with van der Waals surface area (Å²) in [6.45, 7) is 1.54. The number of carbonyl (C=O) groups is 2. The molecule has 4 N–H and O–H groups in total. The van der Waals surface area contributed by atoms with Crippen LogP contribution in [0.1, 0.15) is 27.9 Å². The van der Waals surface area contributed by atoms with E-state index in [4.69, 9.17) is 10.8 Å². The minimum atomic E-state index is -0.705. The standard InChI is InChI=1S/C12H14N2O3S/c1-8(11(13)16)14-12(17)10-6-5-9(18-10)4-2-3-7-15/h5-6,8,15H,3,7H2,1H3,(H2,13,16)(H,14,17). The van der Waals surface area contributed by atoms with Crippen LogP contribution in [0.15, 0.2) is 12.1 Å². The lowest BCUT2D eigenvalue weighted by Gasteiger charge is -2.08. The minimum absolute atomic E-state index is 0.0157. The Balaban J connectivity index is 2.66. The van der Waals surface area contributed by atoms with E-state index in [2.05, 4.69) is 17.2 Å². The Morgan fingerprint density at radius 2 is 2.28 bits per heavy atom. The molecule has 0 bridgehead atoms. The summed E-state index contributed by atoms with van der Waals surface area (Å²) in [5.41, 5.74) is 5.05. The van der Waals surface area contributed by atoms with Crippen LogP contribution in [0.3, 0.4) is 0 Å². The molecule has 0 radical (unpaired) electrons. The Hall–Kier alpha value is -1.84. The molecule has 1 rings (SSSR count). The Morgan fingerprint density at radius 1 is 1.56 bits per heavy atom. The fourth-order valence-corrected chi connectivity index (χ4v) is 1.86. The zero-order chi connectivity index (χ0) is 13.5. The van der Waals surface area contributed by atoms with Crippen molar-refractivity contribution in [1.82, 2.24) is 5.32 Å². The Morgan fingerprint density at radius 3 is 2.89 bits per heavy atom. The van der Waals surface area contributed by atoms with Gasteiger partial charge in [0.05, 0.1) is 16.4 Å². The first kappa shape index (κ1) is 14.2. The van der Waals surface area contributed by atoms with Crippen molar-refractivity contribution in [2.24, 2.45) is 5.73 Å². The second-order valence-corrected chi connectivity index (χ2v) is 4.62. The third-order valence-electron chi connectivity index (χ3n) is 2.05. The second kappa shape index (κ2) is 6.79. The van der Waals surface area contributed by atoms with E-state index in [1.807, 2.05) is 0 Å². The fraction of sp³-hybridized carbons (Fsp3) is 0.333. The van der Waals surface area contributed by atoms with Gasteiger partial charge in [-0.05, 0) is 19.1 Å². The lowest BCUT2D eigenvalue weighted by molar-refractivity contribution is -0.119. The number of hydrogen-bond donors (Lipinski definition) is 3. The highest BCUT2D eigenvalue weighted by molar-refractivity contribution is 7.14. The van der Waals surface area contributed by atoms with Gasteiger partial charge < -0.3 is 16.2 Å².